The van der Waals surface area contributed by atoms with E-state index in [1.54, 1.807) is 0 Å². The molecule has 1 fully saturated rings. The van der Waals surface area contributed by atoms with Gasteiger partial charge in [0, 0.05) is 6.54 Å². The predicted molar refractivity (Wildman–Crippen MR) is 48.0 cm³/mol. The molecule has 13 heavy (non-hydrogen) atoms. The van der Waals surface area contributed by atoms with E-state index in [2.05, 4.69) is 14.5 Å². The average Bonchev–Trinajstić information content (AvgIpc) is 2.62. The topological polar surface area (TPSA) is 33.9 Å². The van der Waals surface area contributed by atoms with Crippen LogP contribution in [0.3, 0.4) is 0 Å². The molecule has 0 aromatic carbocycles. The second kappa shape index (κ2) is 4.83. The summed E-state index contributed by atoms with van der Waals surface area (Å²) in [6, 6.07) is 0. The molecule has 0 saturated carbocycles. The van der Waals surface area contributed by atoms with Crippen LogP contribution >= 0.6 is 0 Å². The lowest BCUT2D eigenvalue weighted by Gasteiger charge is -2.11. The zero-order valence-corrected chi connectivity index (χ0v) is 7.82. The monoisotopic (exact) mass is 182 g/mol. The van der Waals surface area contributed by atoms with E-state index >= 15 is 0 Å². The van der Waals surface area contributed by atoms with E-state index < -0.39 is 0 Å². The van der Waals surface area contributed by atoms with E-state index in [0.29, 0.717) is 6.54 Å². The van der Waals surface area contributed by atoms with Gasteiger partial charge in [-0.05, 0) is 13.0 Å². The summed E-state index contributed by atoms with van der Waals surface area (Å²) in [5.41, 5.74) is 0. The lowest BCUT2D eigenvalue weighted by molar-refractivity contribution is -0.144. The smallest absolute Gasteiger partial charge is 0.310 e. The van der Waals surface area contributed by atoms with Crippen molar-refractivity contribution in [1.29, 1.82) is 0 Å². The molecule has 1 unspecified atom stereocenters. The van der Waals surface area contributed by atoms with Crippen molar-refractivity contribution in [2.75, 3.05) is 33.3 Å². The van der Waals surface area contributed by atoms with Gasteiger partial charge in [-0.25, -0.2) is 6.57 Å². The number of ether oxygens (including phenoxy) is 1. The maximum absolute atomic E-state index is 11.1. The Morgan fingerprint density at radius 1 is 1.77 bits per heavy atom. The molecule has 1 rings (SSSR count). The first-order valence-electron chi connectivity index (χ1n) is 4.41. The summed E-state index contributed by atoms with van der Waals surface area (Å²) in [6.45, 7) is 9.60. The molecule has 0 N–H and O–H groups in total. The Kier molecular flexibility index (Phi) is 3.71. The van der Waals surface area contributed by atoms with Crippen LogP contribution in [0.5, 0.6) is 0 Å². The van der Waals surface area contributed by atoms with Crippen molar-refractivity contribution in [2.45, 2.75) is 6.42 Å². The molecule has 1 aliphatic rings. The van der Waals surface area contributed by atoms with Gasteiger partial charge in [-0.15, -0.1) is 0 Å². The molecule has 0 bridgehead atoms. The summed E-state index contributed by atoms with van der Waals surface area (Å²) in [5, 5.41) is 0. The Balaban J connectivity index is 2.28. The first-order chi connectivity index (χ1) is 6.27. The van der Waals surface area contributed by atoms with Crippen molar-refractivity contribution >= 4 is 5.97 Å². The van der Waals surface area contributed by atoms with Crippen LogP contribution in [-0.2, 0) is 9.53 Å². The van der Waals surface area contributed by atoms with Crippen LogP contribution in [0.25, 0.3) is 4.85 Å². The molecule has 1 heterocycles. The number of methoxy groups -OCH3 is 1. The number of hydrogen-bond acceptors (Lipinski definition) is 3. The minimum Gasteiger partial charge on any atom is -0.469 e. The van der Waals surface area contributed by atoms with Crippen molar-refractivity contribution in [3.8, 4) is 0 Å². The van der Waals surface area contributed by atoms with Crippen LogP contribution in [0.15, 0.2) is 0 Å². The van der Waals surface area contributed by atoms with Gasteiger partial charge in [0.1, 0.15) is 0 Å². The molecule has 0 aromatic rings. The maximum atomic E-state index is 11.1. The van der Waals surface area contributed by atoms with E-state index in [-0.39, 0.29) is 11.9 Å². The summed E-state index contributed by atoms with van der Waals surface area (Å²) >= 11 is 0. The average molecular weight is 182 g/mol. The molecular formula is C9H14N2O2. The zero-order valence-electron chi connectivity index (χ0n) is 7.82. The zero-order chi connectivity index (χ0) is 9.68. The molecule has 4 nitrogen and oxygen atoms in total. The number of rotatable bonds is 3. The first kappa shape index (κ1) is 10.0. The van der Waals surface area contributed by atoms with Gasteiger partial charge in [-0.1, -0.05) is 0 Å². The van der Waals surface area contributed by atoms with Gasteiger partial charge in [-0.3, -0.25) is 9.69 Å². The summed E-state index contributed by atoms with van der Waals surface area (Å²) in [5.74, 6) is -0.0963. The Bertz CT molecular complexity index is 222. The summed E-state index contributed by atoms with van der Waals surface area (Å²) in [7, 11) is 1.42. The predicted octanol–water partition coefficient (Wildman–Crippen LogP) is 0.401. The minimum atomic E-state index is -0.120. The fourth-order valence-electron chi connectivity index (χ4n) is 1.59. The molecule has 0 radical (unpaired) electrons. The van der Waals surface area contributed by atoms with Crippen LogP contribution in [0.2, 0.25) is 0 Å². The lowest BCUT2D eigenvalue weighted by Crippen LogP contribution is -2.25. The number of nitrogens with zero attached hydrogens (tertiary/aromatic N) is 2. The first-order valence-corrected chi connectivity index (χ1v) is 4.41. The van der Waals surface area contributed by atoms with Gasteiger partial charge in [-0.2, -0.15) is 0 Å². The molecule has 0 aromatic heterocycles. The third-order valence-corrected chi connectivity index (χ3v) is 2.33. The van der Waals surface area contributed by atoms with Crippen LogP contribution in [0.1, 0.15) is 6.42 Å². The largest absolute Gasteiger partial charge is 0.469 e. The second-order valence-electron chi connectivity index (χ2n) is 3.19. The van der Waals surface area contributed by atoms with Crippen molar-refractivity contribution in [3.05, 3.63) is 11.4 Å². The van der Waals surface area contributed by atoms with E-state index in [9.17, 15) is 4.79 Å². The highest BCUT2D eigenvalue weighted by atomic mass is 16.5. The third-order valence-electron chi connectivity index (χ3n) is 2.33. The molecule has 0 aliphatic carbocycles. The number of carbonyl (C=O) groups excluding carboxylic acids is 1. The Morgan fingerprint density at radius 3 is 3.15 bits per heavy atom. The Morgan fingerprint density at radius 2 is 2.54 bits per heavy atom. The highest BCUT2D eigenvalue weighted by molar-refractivity contribution is 5.72. The molecule has 0 amide bonds. The number of likely N-dealkylation sites (tertiary alicyclic amines) is 1. The van der Waals surface area contributed by atoms with E-state index in [1.165, 1.54) is 7.11 Å². The van der Waals surface area contributed by atoms with Crippen molar-refractivity contribution < 1.29 is 9.53 Å². The van der Waals surface area contributed by atoms with Gasteiger partial charge in [0.2, 0.25) is 6.54 Å². The van der Waals surface area contributed by atoms with Crippen molar-refractivity contribution in [3.63, 3.8) is 0 Å². The number of carbonyl (C=O) groups is 1. The fraction of sp³-hybridized carbons (Fsp3) is 0.778. The van der Waals surface area contributed by atoms with Gasteiger partial charge >= 0.3 is 5.97 Å². The molecule has 0 spiro atoms. The summed E-state index contributed by atoms with van der Waals surface area (Å²) in [6.07, 6.45) is 0.866. The molecule has 4 heteroatoms. The SMILES string of the molecule is [C-]#[N+]CCN1CCC(C(=O)OC)C1. The highest BCUT2D eigenvalue weighted by Crippen LogP contribution is 2.16. The second-order valence-corrected chi connectivity index (χ2v) is 3.19. The van der Waals surface area contributed by atoms with Gasteiger partial charge in [0.15, 0.2) is 0 Å². The van der Waals surface area contributed by atoms with E-state index in [1.807, 2.05) is 0 Å². The fourth-order valence-corrected chi connectivity index (χ4v) is 1.59. The molecule has 72 valence electrons. The number of esters is 1. The Labute approximate surface area is 78.3 Å². The quantitative estimate of drug-likeness (QED) is 0.468. The Hall–Kier alpha value is -1.08. The molecule has 1 atom stereocenters. The summed E-state index contributed by atoms with van der Waals surface area (Å²) in [4.78, 5) is 16.5. The molecule has 1 aliphatic heterocycles. The number of hydrogen-bond donors (Lipinski definition) is 0. The van der Waals surface area contributed by atoms with E-state index in [0.717, 1.165) is 26.1 Å². The van der Waals surface area contributed by atoms with Crippen LogP contribution in [0, 0.1) is 12.5 Å². The molecular weight excluding hydrogens is 168 g/mol. The van der Waals surface area contributed by atoms with Crippen LogP contribution < -0.4 is 0 Å². The third kappa shape index (κ3) is 2.71. The summed E-state index contributed by atoms with van der Waals surface area (Å²) < 4.78 is 4.66. The standard InChI is InChI=1S/C9H14N2O2/c1-10-4-6-11-5-3-8(7-11)9(12)13-2/h8H,3-7H2,2H3. The van der Waals surface area contributed by atoms with Crippen molar-refractivity contribution in [2.24, 2.45) is 5.92 Å². The van der Waals surface area contributed by atoms with Crippen LogP contribution in [-0.4, -0.2) is 44.2 Å². The minimum absolute atomic E-state index is 0.0238. The van der Waals surface area contributed by atoms with Gasteiger partial charge in [0.05, 0.1) is 19.6 Å². The van der Waals surface area contributed by atoms with Crippen LogP contribution in [0.4, 0.5) is 0 Å². The molecule has 1 saturated heterocycles. The van der Waals surface area contributed by atoms with Crippen molar-refractivity contribution in [1.82, 2.24) is 4.90 Å². The van der Waals surface area contributed by atoms with E-state index in [4.69, 9.17) is 6.57 Å². The normalized spacial score (nSPS) is 22.6. The van der Waals surface area contributed by atoms with Gasteiger partial charge < -0.3 is 9.58 Å². The lowest BCUT2D eigenvalue weighted by atomic mass is 10.1. The highest BCUT2D eigenvalue weighted by Gasteiger charge is 2.28. The maximum Gasteiger partial charge on any atom is 0.310 e. The van der Waals surface area contributed by atoms with Gasteiger partial charge in [0.25, 0.3) is 0 Å².